The number of benzene rings is 7. The molecule has 0 amide bonds. The SMILES string of the molecule is Cc1cc2c3c(c1)N(c1cccc(F)c1)c1cc(C)cc4c1B3c1c(cc(C)cc1[Si]4(c1ccccc1)c1ccccc1)N2c1cccc(F)c1. The van der Waals surface area contributed by atoms with Crippen LogP contribution in [0.5, 0.6) is 0 Å². The molecule has 10 rings (SSSR count). The molecule has 7 aromatic rings. The van der Waals surface area contributed by atoms with Gasteiger partial charge in [0.1, 0.15) is 11.6 Å². The fourth-order valence-electron chi connectivity index (χ4n) is 9.37. The summed E-state index contributed by atoms with van der Waals surface area (Å²) in [6.07, 6.45) is 0. The lowest BCUT2D eigenvalue weighted by Gasteiger charge is -2.52. The number of hydrogen-bond acceptors (Lipinski definition) is 2. The molecule has 0 unspecified atom stereocenters. The molecule has 0 radical (unpaired) electrons. The van der Waals surface area contributed by atoms with Crippen LogP contribution >= 0.6 is 0 Å². The minimum atomic E-state index is -3.01. The molecule has 0 fully saturated rings. The van der Waals surface area contributed by atoms with Gasteiger partial charge in [0.05, 0.1) is 0 Å². The lowest BCUT2D eigenvalue weighted by atomic mass is 9.33. The van der Waals surface area contributed by atoms with Gasteiger partial charge in [-0.3, -0.25) is 0 Å². The van der Waals surface area contributed by atoms with E-state index < -0.39 is 8.07 Å². The van der Waals surface area contributed by atoms with E-state index in [-0.39, 0.29) is 18.3 Å². The van der Waals surface area contributed by atoms with E-state index in [1.165, 1.54) is 54.9 Å². The van der Waals surface area contributed by atoms with E-state index in [2.05, 4.69) is 128 Å². The van der Waals surface area contributed by atoms with E-state index in [0.717, 1.165) is 45.2 Å². The molecule has 7 aromatic carbocycles. The van der Waals surface area contributed by atoms with Crippen LogP contribution in [0, 0.1) is 32.4 Å². The van der Waals surface area contributed by atoms with Gasteiger partial charge in [-0.1, -0.05) is 84.9 Å². The van der Waals surface area contributed by atoms with Gasteiger partial charge in [0.2, 0.25) is 0 Å². The van der Waals surface area contributed by atoms with Gasteiger partial charge in [-0.05, 0) is 135 Å². The van der Waals surface area contributed by atoms with Crippen molar-refractivity contribution in [1.82, 2.24) is 0 Å². The Bertz CT molecular complexity index is 2400. The van der Waals surface area contributed by atoms with E-state index in [4.69, 9.17) is 0 Å². The average molecular weight is 679 g/mol. The summed E-state index contributed by atoms with van der Waals surface area (Å²) in [6.45, 7) is 6.42. The van der Waals surface area contributed by atoms with Crippen molar-refractivity contribution < 1.29 is 8.78 Å². The molecule has 244 valence electrons. The highest BCUT2D eigenvalue weighted by Gasteiger charge is 2.56. The summed E-state index contributed by atoms with van der Waals surface area (Å²) in [6, 6.07) is 49.9. The van der Waals surface area contributed by atoms with Gasteiger partial charge in [0.25, 0.3) is 6.71 Å². The highest BCUT2D eigenvalue weighted by atomic mass is 28.3. The molecule has 2 nitrogen and oxygen atoms in total. The molecule has 3 heterocycles. The molecule has 0 spiro atoms. The predicted octanol–water partition coefficient (Wildman–Crippen LogP) is 6.66. The molecule has 0 aliphatic carbocycles. The number of nitrogens with zero attached hydrogens (tertiary/aromatic N) is 2. The molecule has 3 aliphatic heterocycles. The largest absolute Gasteiger partial charge is 0.311 e. The topological polar surface area (TPSA) is 6.48 Å². The third-order valence-electron chi connectivity index (χ3n) is 11.1. The third-order valence-corrected chi connectivity index (χ3v) is 15.9. The zero-order chi connectivity index (χ0) is 34.6. The van der Waals surface area contributed by atoms with Crippen molar-refractivity contribution in [3.63, 3.8) is 0 Å². The number of hydrogen-bond donors (Lipinski definition) is 0. The maximum Gasteiger partial charge on any atom is 0.251 e. The first-order chi connectivity index (χ1) is 24.8. The summed E-state index contributed by atoms with van der Waals surface area (Å²) in [5.74, 6) is -0.557. The third kappa shape index (κ3) is 4.14. The Morgan fingerprint density at radius 2 is 0.824 bits per heavy atom. The molecule has 0 bridgehead atoms. The molecule has 3 aliphatic rings. The molecule has 0 saturated heterocycles. The van der Waals surface area contributed by atoms with Crippen LogP contribution in [-0.2, 0) is 0 Å². The van der Waals surface area contributed by atoms with Crippen LogP contribution in [0.1, 0.15) is 16.7 Å². The Labute approximate surface area is 298 Å². The number of anilines is 6. The van der Waals surface area contributed by atoms with Crippen LogP contribution < -0.4 is 46.9 Å². The monoisotopic (exact) mass is 678 g/mol. The van der Waals surface area contributed by atoms with E-state index in [9.17, 15) is 0 Å². The molecule has 0 aromatic heterocycles. The lowest BCUT2D eigenvalue weighted by molar-refractivity contribution is 0.627. The number of rotatable bonds is 4. The van der Waals surface area contributed by atoms with Crippen LogP contribution in [0.25, 0.3) is 0 Å². The second-order valence-electron chi connectivity index (χ2n) is 14.3. The van der Waals surface area contributed by atoms with Gasteiger partial charge in [-0.25, -0.2) is 8.78 Å². The smallest absolute Gasteiger partial charge is 0.251 e. The average Bonchev–Trinajstić information content (AvgIpc) is 3.12. The Hall–Kier alpha value is -5.72. The van der Waals surface area contributed by atoms with E-state index >= 15 is 8.78 Å². The van der Waals surface area contributed by atoms with Gasteiger partial charge in [0.15, 0.2) is 8.07 Å². The lowest BCUT2D eigenvalue weighted by Crippen LogP contribution is -2.88. The molecule has 0 N–H and O–H groups in total. The highest BCUT2D eigenvalue weighted by molar-refractivity contribution is 7.27. The van der Waals surface area contributed by atoms with Gasteiger partial charge in [-0.15, -0.1) is 0 Å². The van der Waals surface area contributed by atoms with Crippen molar-refractivity contribution in [3.05, 3.63) is 174 Å². The Kier molecular flexibility index (Phi) is 6.43. The van der Waals surface area contributed by atoms with Crippen molar-refractivity contribution in [2.45, 2.75) is 20.8 Å². The summed E-state index contributed by atoms with van der Waals surface area (Å²) in [4.78, 5) is 4.56. The zero-order valence-corrected chi connectivity index (χ0v) is 29.6. The quantitative estimate of drug-likeness (QED) is 0.192. The van der Waals surface area contributed by atoms with Crippen LogP contribution in [-0.4, -0.2) is 14.8 Å². The molecule has 0 atom stereocenters. The minimum absolute atomic E-state index is 0.0746. The molecule has 6 heteroatoms. The highest BCUT2D eigenvalue weighted by Crippen LogP contribution is 2.45. The second kappa shape index (κ2) is 10.9. The Morgan fingerprint density at radius 3 is 1.24 bits per heavy atom. The summed E-state index contributed by atoms with van der Waals surface area (Å²) in [5.41, 5.74) is 12.9. The van der Waals surface area contributed by atoms with Crippen molar-refractivity contribution in [2.75, 3.05) is 9.80 Å². The molecular formula is C45H33BF2N2Si. The van der Waals surface area contributed by atoms with E-state index in [1.807, 2.05) is 12.1 Å². The van der Waals surface area contributed by atoms with Crippen molar-refractivity contribution in [1.29, 1.82) is 0 Å². The summed E-state index contributed by atoms with van der Waals surface area (Å²) >= 11 is 0. The first-order valence-corrected chi connectivity index (χ1v) is 19.5. The summed E-state index contributed by atoms with van der Waals surface area (Å²) in [7, 11) is -3.01. The van der Waals surface area contributed by atoms with E-state index in [1.54, 1.807) is 24.3 Å². The predicted molar refractivity (Wildman–Crippen MR) is 212 cm³/mol. The van der Waals surface area contributed by atoms with Gasteiger partial charge in [-0.2, -0.15) is 0 Å². The molecular weight excluding hydrogens is 645 g/mol. The minimum Gasteiger partial charge on any atom is -0.311 e. The number of aryl methyl sites for hydroxylation is 3. The molecule has 51 heavy (non-hydrogen) atoms. The molecule has 0 saturated carbocycles. The normalized spacial score (nSPS) is 14.4. The maximum atomic E-state index is 15.2. The summed E-state index contributed by atoms with van der Waals surface area (Å²) in [5, 5.41) is 5.35. The fraction of sp³-hybridized carbons (Fsp3) is 0.0667. The van der Waals surface area contributed by atoms with Crippen LogP contribution in [0.3, 0.4) is 0 Å². The first-order valence-electron chi connectivity index (χ1n) is 17.5. The van der Waals surface area contributed by atoms with Crippen LogP contribution in [0.15, 0.2) is 146 Å². The van der Waals surface area contributed by atoms with Crippen molar-refractivity contribution in [2.24, 2.45) is 0 Å². The first kappa shape index (κ1) is 30.1. The Balaban J connectivity index is 1.46. The van der Waals surface area contributed by atoms with Crippen molar-refractivity contribution in [3.8, 4) is 0 Å². The fourth-order valence-corrected chi connectivity index (χ4v) is 14.9. The summed E-state index contributed by atoms with van der Waals surface area (Å²) < 4.78 is 30.4. The second-order valence-corrected chi connectivity index (χ2v) is 18.0. The zero-order valence-electron chi connectivity index (χ0n) is 28.6. The van der Waals surface area contributed by atoms with Gasteiger partial charge >= 0.3 is 0 Å². The van der Waals surface area contributed by atoms with Crippen molar-refractivity contribution >= 4 is 86.0 Å². The standard InChI is InChI=1S/C45H33BF2N2Si/c1-28-20-37-43-38(21-28)50(34-15-11-13-32(48)27-34)40-23-30(3)25-42-45(40)46(43)44-39(49(37)33-14-10-12-31(47)26-33)22-29(2)24-41(44)51(42,35-16-6-4-7-17-35)36-18-8-5-9-19-36/h4-27H,1-3H3. The number of halogens is 2. The van der Waals surface area contributed by atoms with Crippen LogP contribution in [0.4, 0.5) is 42.9 Å². The van der Waals surface area contributed by atoms with Crippen LogP contribution in [0.2, 0.25) is 0 Å². The maximum absolute atomic E-state index is 15.2. The van der Waals surface area contributed by atoms with E-state index in [0.29, 0.717) is 0 Å². The van der Waals surface area contributed by atoms with Gasteiger partial charge < -0.3 is 9.80 Å². The van der Waals surface area contributed by atoms with Gasteiger partial charge in [0, 0.05) is 34.1 Å². The Morgan fingerprint density at radius 1 is 0.431 bits per heavy atom.